The topological polar surface area (TPSA) is 80.2 Å². The molecule has 13 heteroatoms. The van der Waals surface area contributed by atoms with Gasteiger partial charge in [0.1, 0.15) is 0 Å². The number of aromatic nitrogens is 2. The van der Waals surface area contributed by atoms with Crippen LogP contribution in [0.15, 0.2) is 41.6 Å². The molecule has 1 aliphatic heterocycles. The van der Waals surface area contributed by atoms with Crippen LogP contribution >= 0.6 is 0 Å². The number of carbonyl (C=O) groups is 1. The number of piperidine rings is 1. The Morgan fingerprint density at radius 2 is 1.67 bits per heavy atom. The van der Waals surface area contributed by atoms with E-state index in [1.165, 1.54) is 13.8 Å². The van der Waals surface area contributed by atoms with Crippen molar-refractivity contribution in [1.82, 2.24) is 9.97 Å². The molecule has 1 saturated heterocycles. The zero-order chi connectivity index (χ0) is 24.8. The summed E-state index contributed by atoms with van der Waals surface area (Å²) in [6.07, 6.45) is -8.25. The molecule has 33 heavy (non-hydrogen) atoms. The van der Waals surface area contributed by atoms with E-state index >= 15 is 0 Å². The minimum Gasteiger partial charge on any atom is -0.296 e. The van der Waals surface area contributed by atoms with Crippen molar-refractivity contribution in [2.45, 2.75) is 48.7 Å². The van der Waals surface area contributed by atoms with E-state index in [0.717, 1.165) is 29.3 Å². The zero-order valence-electron chi connectivity index (χ0n) is 17.4. The van der Waals surface area contributed by atoms with E-state index in [-0.39, 0.29) is 25.2 Å². The van der Waals surface area contributed by atoms with E-state index in [4.69, 9.17) is 0 Å². The normalized spacial score (nSPS) is 18.5. The monoisotopic (exact) mass is 495 g/mol. The molecule has 2 aromatic rings. The highest BCUT2D eigenvalue weighted by Gasteiger charge is 2.46. The molecule has 0 radical (unpaired) electrons. The molecule has 1 atom stereocenters. The van der Waals surface area contributed by atoms with Crippen molar-refractivity contribution in [3.8, 4) is 0 Å². The second-order valence-electron chi connectivity index (χ2n) is 8.13. The van der Waals surface area contributed by atoms with Crippen LogP contribution in [0, 0.1) is 5.92 Å². The first-order valence-corrected chi connectivity index (χ1v) is 11.1. The van der Waals surface area contributed by atoms with Crippen LogP contribution in [0.3, 0.4) is 0 Å². The Kier molecular flexibility index (Phi) is 6.24. The van der Waals surface area contributed by atoms with Gasteiger partial charge in [0, 0.05) is 13.0 Å². The van der Waals surface area contributed by atoms with Crippen molar-refractivity contribution in [3.05, 3.63) is 47.9 Å². The van der Waals surface area contributed by atoms with Gasteiger partial charge in [0.2, 0.25) is 5.91 Å². The quantitative estimate of drug-likeness (QED) is 0.584. The van der Waals surface area contributed by atoms with Crippen molar-refractivity contribution < 1.29 is 39.6 Å². The second-order valence-corrected chi connectivity index (χ2v) is 10.7. The molecule has 0 saturated carbocycles. The number of alkyl halides is 6. The first-order valence-electron chi connectivity index (χ1n) is 9.66. The van der Waals surface area contributed by atoms with Crippen molar-refractivity contribution in [2.24, 2.45) is 5.92 Å². The lowest BCUT2D eigenvalue weighted by Crippen LogP contribution is -2.49. The van der Waals surface area contributed by atoms with Gasteiger partial charge in [-0.3, -0.25) is 9.69 Å². The summed E-state index contributed by atoms with van der Waals surface area (Å²) in [6, 6.07) is 3.40. The maximum atomic E-state index is 13.2. The number of halogens is 6. The highest BCUT2D eigenvalue weighted by molar-refractivity contribution is 7.92. The number of rotatable bonds is 4. The summed E-state index contributed by atoms with van der Waals surface area (Å²) in [6.45, 7) is 2.65. The standard InChI is InChI=1S/C20H19F6N3O3S/c1-18(2,33(31,32)14-5-3-4-13(8-14)19(21,22)23)12-6-7-29(17(30)9-12)16-11-27-15(10-28-16)20(24,25)26/h3-5,8,10-12H,6-7,9H2,1-2H3/t12-/m0/s1. The van der Waals surface area contributed by atoms with E-state index in [0.29, 0.717) is 12.3 Å². The Morgan fingerprint density at radius 3 is 2.18 bits per heavy atom. The number of anilines is 1. The molecular formula is C20H19F6N3O3S. The minimum absolute atomic E-state index is 0.0366. The van der Waals surface area contributed by atoms with Crippen LogP contribution in [0.25, 0.3) is 0 Å². The minimum atomic E-state index is -4.72. The van der Waals surface area contributed by atoms with Gasteiger partial charge in [-0.25, -0.2) is 18.4 Å². The SMILES string of the molecule is CC(C)([C@H]1CCN(c2cnc(C(F)(F)F)cn2)C(=O)C1)S(=O)(=O)c1cccc(C(F)(F)F)c1. The highest BCUT2D eigenvalue weighted by Crippen LogP contribution is 2.40. The van der Waals surface area contributed by atoms with Crippen LogP contribution in [-0.4, -0.2) is 35.6 Å². The number of carbonyl (C=O) groups excluding carboxylic acids is 1. The molecule has 2 heterocycles. The van der Waals surface area contributed by atoms with E-state index in [2.05, 4.69) is 9.97 Å². The zero-order valence-corrected chi connectivity index (χ0v) is 18.2. The first kappa shape index (κ1) is 24.9. The summed E-state index contributed by atoms with van der Waals surface area (Å²) < 4.78 is 102. The summed E-state index contributed by atoms with van der Waals surface area (Å²) >= 11 is 0. The summed E-state index contributed by atoms with van der Waals surface area (Å²) in [5, 5.41) is 0. The summed E-state index contributed by atoms with van der Waals surface area (Å²) in [5.41, 5.74) is -2.33. The molecule has 1 amide bonds. The fourth-order valence-electron chi connectivity index (χ4n) is 3.64. The largest absolute Gasteiger partial charge is 0.434 e. The third-order valence-corrected chi connectivity index (χ3v) is 8.37. The molecule has 3 rings (SSSR count). The average molecular weight is 495 g/mol. The van der Waals surface area contributed by atoms with Gasteiger partial charge in [0.05, 0.1) is 27.6 Å². The molecule has 1 aliphatic rings. The fourth-order valence-corrected chi connectivity index (χ4v) is 5.43. The number of sulfone groups is 1. The molecule has 0 aliphatic carbocycles. The van der Waals surface area contributed by atoms with Crippen LogP contribution in [0.4, 0.5) is 32.2 Å². The van der Waals surface area contributed by atoms with E-state index in [1.54, 1.807) is 0 Å². The second kappa shape index (κ2) is 8.26. The Hall–Kier alpha value is -2.70. The number of hydrogen-bond donors (Lipinski definition) is 0. The van der Waals surface area contributed by atoms with Crippen molar-refractivity contribution in [1.29, 1.82) is 0 Å². The van der Waals surface area contributed by atoms with Crippen LogP contribution in [0.5, 0.6) is 0 Å². The molecule has 0 unspecified atom stereocenters. The molecule has 180 valence electrons. The Balaban J connectivity index is 1.82. The van der Waals surface area contributed by atoms with Crippen LogP contribution < -0.4 is 4.90 Å². The van der Waals surface area contributed by atoms with Crippen LogP contribution in [0.2, 0.25) is 0 Å². The van der Waals surface area contributed by atoms with Crippen molar-refractivity contribution in [2.75, 3.05) is 11.4 Å². The average Bonchev–Trinajstić information content (AvgIpc) is 2.72. The summed E-state index contributed by atoms with van der Waals surface area (Å²) in [7, 11) is -4.27. The summed E-state index contributed by atoms with van der Waals surface area (Å²) in [4.78, 5) is 20.2. The van der Waals surface area contributed by atoms with Gasteiger partial charge in [0.15, 0.2) is 21.3 Å². The van der Waals surface area contributed by atoms with E-state index in [9.17, 15) is 39.6 Å². The predicted octanol–water partition coefficient (Wildman–Crippen LogP) is 4.51. The highest BCUT2D eigenvalue weighted by atomic mass is 32.2. The smallest absolute Gasteiger partial charge is 0.296 e. The lowest BCUT2D eigenvalue weighted by atomic mass is 9.85. The van der Waals surface area contributed by atoms with Crippen LogP contribution in [-0.2, 0) is 27.0 Å². The number of benzene rings is 1. The third kappa shape index (κ3) is 4.82. The molecule has 0 bridgehead atoms. The molecular weight excluding hydrogens is 476 g/mol. The first-order chi connectivity index (χ1) is 15.0. The van der Waals surface area contributed by atoms with E-state index in [1.807, 2.05) is 0 Å². The number of hydrogen-bond acceptors (Lipinski definition) is 5. The molecule has 1 fully saturated rings. The molecule has 1 aromatic heterocycles. The Labute approximate surface area is 185 Å². The molecule has 0 spiro atoms. The maximum Gasteiger partial charge on any atom is 0.434 e. The van der Waals surface area contributed by atoms with E-state index < -0.39 is 54.9 Å². The lowest BCUT2D eigenvalue weighted by Gasteiger charge is -2.39. The van der Waals surface area contributed by atoms with Gasteiger partial charge in [-0.1, -0.05) is 6.07 Å². The molecule has 6 nitrogen and oxygen atoms in total. The van der Waals surface area contributed by atoms with Gasteiger partial charge in [-0.2, -0.15) is 26.3 Å². The van der Waals surface area contributed by atoms with Crippen molar-refractivity contribution >= 4 is 21.6 Å². The maximum absolute atomic E-state index is 13.2. The fraction of sp³-hybridized carbons (Fsp3) is 0.450. The Bertz CT molecular complexity index is 1140. The van der Waals surface area contributed by atoms with Gasteiger partial charge >= 0.3 is 12.4 Å². The molecule has 0 N–H and O–H groups in total. The third-order valence-electron chi connectivity index (χ3n) is 5.78. The van der Waals surface area contributed by atoms with Gasteiger partial charge in [-0.05, 0) is 44.4 Å². The van der Waals surface area contributed by atoms with Gasteiger partial charge < -0.3 is 0 Å². The van der Waals surface area contributed by atoms with Gasteiger partial charge in [-0.15, -0.1) is 0 Å². The van der Waals surface area contributed by atoms with Crippen LogP contribution in [0.1, 0.15) is 37.9 Å². The number of nitrogens with zero attached hydrogens (tertiary/aromatic N) is 3. The Morgan fingerprint density at radius 1 is 1.00 bits per heavy atom. The van der Waals surface area contributed by atoms with Gasteiger partial charge in [0.25, 0.3) is 0 Å². The lowest BCUT2D eigenvalue weighted by molar-refractivity contribution is -0.141. The predicted molar refractivity (Wildman–Crippen MR) is 105 cm³/mol. The van der Waals surface area contributed by atoms with Crippen molar-refractivity contribution in [3.63, 3.8) is 0 Å². The molecule has 1 aromatic carbocycles. The summed E-state index contributed by atoms with van der Waals surface area (Å²) in [5.74, 6) is -1.43. The number of amides is 1.